The van der Waals surface area contributed by atoms with Crippen LogP contribution in [0.4, 0.5) is 4.79 Å². The fourth-order valence-electron chi connectivity index (χ4n) is 3.42. The number of nitrogens with zero attached hydrogens (tertiary/aromatic N) is 1. The Hall–Kier alpha value is -1.51. The molecular weight excluding hydrogens is 238 g/mol. The Morgan fingerprint density at radius 2 is 2.11 bits per heavy atom. The average Bonchev–Trinajstić information content (AvgIpc) is 2.76. The molecule has 1 aromatic carbocycles. The first kappa shape index (κ1) is 12.5. The fourth-order valence-corrected chi connectivity index (χ4v) is 3.42. The maximum absolute atomic E-state index is 11.7. The summed E-state index contributed by atoms with van der Waals surface area (Å²) in [5.41, 5.74) is 1.40. The smallest absolute Gasteiger partial charge is 0.410 e. The Kier molecular flexibility index (Phi) is 3.45. The van der Waals surface area contributed by atoms with E-state index < -0.39 is 0 Å². The molecule has 3 rings (SSSR count). The minimum Gasteiger partial charge on any atom is -0.444 e. The first-order chi connectivity index (χ1) is 9.28. The predicted octanol–water partition coefficient (Wildman–Crippen LogP) is 3.24. The van der Waals surface area contributed by atoms with Crippen molar-refractivity contribution in [3.05, 3.63) is 35.9 Å². The molecule has 2 aliphatic heterocycles. The quantitative estimate of drug-likeness (QED) is 0.834. The maximum atomic E-state index is 11.7. The third-order valence-corrected chi connectivity index (χ3v) is 4.44. The van der Waals surface area contributed by atoms with Crippen molar-refractivity contribution in [3.8, 4) is 0 Å². The molecule has 3 atom stereocenters. The number of carbonyl (C=O) groups is 1. The van der Waals surface area contributed by atoms with E-state index in [1.165, 1.54) is 5.56 Å². The van der Waals surface area contributed by atoms with E-state index in [1.54, 1.807) is 0 Å². The standard InChI is InChI=1S/C16H21NO2/c1-2-15-14-11-13(8-9-17(14)16(18)19-15)10-12-6-4-3-5-7-12/h3-7,13-15H,2,8-11H2,1H3. The lowest BCUT2D eigenvalue weighted by Crippen LogP contribution is -2.43. The van der Waals surface area contributed by atoms with Gasteiger partial charge in [0.25, 0.3) is 0 Å². The first-order valence-corrected chi connectivity index (χ1v) is 7.29. The van der Waals surface area contributed by atoms with E-state index in [0.29, 0.717) is 12.0 Å². The van der Waals surface area contributed by atoms with Crippen molar-refractivity contribution < 1.29 is 9.53 Å². The Labute approximate surface area is 114 Å². The molecule has 2 aliphatic rings. The monoisotopic (exact) mass is 259 g/mol. The van der Waals surface area contributed by atoms with E-state index in [9.17, 15) is 4.79 Å². The molecule has 0 saturated carbocycles. The van der Waals surface area contributed by atoms with Crippen LogP contribution in [0.2, 0.25) is 0 Å². The summed E-state index contributed by atoms with van der Waals surface area (Å²) in [7, 11) is 0. The van der Waals surface area contributed by atoms with E-state index in [-0.39, 0.29) is 12.2 Å². The lowest BCUT2D eigenvalue weighted by Gasteiger charge is -2.34. The van der Waals surface area contributed by atoms with Gasteiger partial charge in [-0.15, -0.1) is 0 Å². The van der Waals surface area contributed by atoms with Gasteiger partial charge in [-0.05, 0) is 37.2 Å². The number of amides is 1. The van der Waals surface area contributed by atoms with Gasteiger partial charge in [0.2, 0.25) is 0 Å². The molecule has 2 fully saturated rings. The maximum Gasteiger partial charge on any atom is 0.410 e. The summed E-state index contributed by atoms with van der Waals surface area (Å²) in [6, 6.07) is 11.0. The molecule has 0 aromatic heterocycles. The van der Waals surface area contributed by atoms with Crippen molar-refractivity contribution in [2.24, 2.45) is 5.92 Å². The third-order valence-electron chi connectivity index (χ3n) is 4.44. The van der Waals surface area contributed by atoms with Crippen LogP contribution in [-0.2, 0) is 11.2 Å². The SMILES string of the molecule is CCC1OC(=O)N2CCC(Cc3ccccc3)CC12. The van der Waals surface area contributed by atoms with Crippen LogP contribution in [0.3, 0.4) is 0 Å². The average molecular weight is 259 g/mol. The van der Waals surface area contributed by atoms with E-state index in [1.807, 2.05) is 4.90 Å². The summed E-state index contributed by atoms with van der Waals surface area (Å²) in [5.74, 6) is 0.673. The Morgan fingerprint density at radius 3 is 2.84 bits per heavy atom. The molecular formula is C16H21NO2. The molecule has 2 heterocycles. The van der Waals surface area contributed by atoms with Crippen LogP contribution in [0.15, 0.2) is 30.3 Å². The zero-order valence-corrected chi connectivity index (χ0v) is 11.4. The van der Waals surface area contributed by atoms with Gasteiger partial charge < -0.3 is 9.64 Å². The first-order valence-electron chi connectivity index (χ1n) is 7.29. The molecule has 2 saturated heterocycles. The van der Waals surface area contributed by atoms with Gasteiger partial charge in [0.1, 0.15) is 6.10 Å². The summed E-state index contributed by atoms with van der Waals surface area (Å²) >= 11 is 0. The van der Waals surface area contributed by atoms with Crippen LogP contribution in [0.1, 0.15) is 31.7 Å². The summed E-state index contributed by atoms with van der Waals surface area (Å²) in [6.45, 7) is 2.96. The van der Waals surface area contributed by atoms with Gasteiger partial charge in [-0.2, -0.15) is 0 Å². The van der Waals surface area contributed by atoms with Crippen LogP contribution in [-0.4, -0.2) is 29.7 Å². The van der Waals surface area contributed by atoms with Crippen LogP contribution >= 0.6 is 0 Å². The van der Waals surface area contributed by atoms with Gasteiger partial charge in [0.05, 0.1) is 6.04 Å². The molecule has 0 aliphatic carbocycles. The number of carbonyl (C=O) groups excluding carboxylic acids is 1. The highest BCUT2D eigenvalue weighted by molar-refractivity contribution is 5.70. The van der Waals surface area contributed by atoms with Gasteiger partial charge >= 0.3 is 6.09 Å². The number of rotatable bonds is 3. The molecule has 1 amide bonds. The molecule has 0 radical (unpaired) electrons. The van der Waals surface area contributed by atoms with Crippen molar-refractivity contribution in [2.45, 2.75) is 44.8 Å². The predicted molar refractivity (Wildman–Crippen MR) is 73.9 cm³/mol. The zero-order valence-electron chi connectivity index (χ0n) is 11.4. The number of hydrogen-bond acceptors (Lipinski definition) is 2. The van der Waals surface area contributed by atoms with E-state index >= 15 is 0 Å². The number of fused-ring (bicyclic) bond motifs is 1. The van der Waals surface area contributed by atoms with Gasteiger partial charge in [0, 0.05) is 6.54 Å². The Bertz CT molecular complexity index is 445. The normalized spacial score (nSPS) is 30.1. The van der Waals surface area contributed by atoms with Crippen LogP contribution in [0, 0.1) is 5.92 Å². The molecule has 0 bridgehead atoms. The molecule has 0 N–H and O–H groups in total. The van der Waals surface area contributed by atoms with Crippen molar-refractivity contribution in [1.82, 2.24) is 4.90 Å². The second-order valence-electron chi connectivity index (χ2n) is 5.67. The molecule has 1 aromatic rings. The van der Waals surface area contributed by atoms with Crippen molar-refractivity contribution in [2.75, 3.05) is 6.54 Å². The Balaban J connectivity index is 1.66. The lowest BCUT2D eigenvalue weighted by molar-refractivity contribution is 0.125. The summed E-state index contributed by atoms with van der Waals surface area (Å²) < 4.78 is 5.44. The van der Waals surface area contributed by atoms with E-state index in [2.05, 4.69) is 37.3 Å². The molecule has 3 nitrogen and oxygen atoms in total. The summed E-state index contributed by atoms with van der Waals surface area (Å²) in [6.07, 6.45) is 4.22. The van der Waals surface area contributed by atoms with E-state index in [4.69, 9.17) is 4.74 Å². The minimum absolute atomic E-state index is 0.102. The van der Waals surface area contributed by atoms with Crippen LogP contribution < -0.4 is 0 Å². The molecule has 0 spiro atoms. The molecule has 102 valence electrons. The number of hydrogen-bond donors (Lipinski definition) is 0. The fraction of sp³-hybridized carbons (Fsp3) is 0.562. The van der Waals surface area contributed by atoms with Crippen molar-refractivity contribution in [3.63, 3.8) is 0 Å². The van der Waals surface area contributed by atoms with Crippen LogP contribution in [0.25, 0.3) is 0 Å². The molecule has 3 heteroatoms. The molecule has 19 heavy (non-hydrogen) atoms. The number of ether oxygens (including phenoxy) is 1. The highest BCUT2D eigenvalue weighted by atomic mass is 16.6. The highest BCUT2D eigenvalue weighted by Crippen LogP contribution is 2.34. The Morgan fingerprint density at radius 1 is 1.32 bits per heavy atom. The summed E-state index contributed by atoms with van der Waals surface area (Å²) in [4.78, 5) is 13.7. The third kappa shape index (κ3) is 2.46. The second kappa shape index (κ2) is 5.24. The summed E-state index contributed by atoms with van der Waals surface area (Å²) in [5, 5.41) is 0. The largest absolute Gasteiger partial charge is 0.444 e. The minimum atomic E-state index is -0.102. The van der Waals surface area contributed by atoms with Gasteiger partial charge in [0.15, 0.2) is 0 Å². The van der Waals surface area contributed by atoms with E-state index in [0.717, 1.165) is 32.2 Å². The second-order valence-corrected chi connectivity index (χ2v) is 5.67. The number of benzene rings is 1. The number of piperidine rings is 1. The number of cyclic esters (lactones) is 1. The van der Waals surface area contributed by atoms with Crippen molar-refractivity contribution >= 4 is 6.09 Å². The topological polar surface area (TPSA) is 29.5 Å². The molecule has 3 unspecified atom stereocenters. The van der Waals surface area contributed by atoms with Gasteiger partial charge in [-0.1, -0.05) is 37.3 Å². The van der Waals surface area contributed by atoms with Gasteiger partial charge in [-0.3, -0.25) is 0 Å². The van der Waals surface area contributed by atoms with Crippen LogP contribution in [0.5, 0.6) is 0 Å². The lowest BCUT2D eigenvalue weighted by atomic mass is 9.84. The highest BCUT2D eigenvalue weighted by Gasteiger charge is 2.44. The van der Waals surface area contributed by atoms with Gasteiger partial charge in [-0.25, -0.2) is 4.79 Å². The van der Waals surface area contributed by atoms with Crippen molar-refractivity contribution in [1.29, 1.82) is 0 Å². The zero-order chi connectivity index (χ0) is 13.2.